The molecule has 0 aromatic rings. The average molecular weight is 188 g/mol. The third kappa shape index (κ3) is 2.32. The SMILES string of the molecule is CCOC(=O)N1CC(C(O)CN)C1. The van der Waals surface area contributed by atoms with Crippen LogP contribution >= 0.6 is 0 Å². The quantitative estimate of drug-likeness (QED) is 0.619. The van der Waals surface area contributed by atoms with Crippen LogP contribution in [0.25, 0.3) is 0 Å². The molecule has 0 aromatic carbocycles. The number of amides is 1. The van der Waals surface area contributed by atoms with Crippen molar-refractivity contribution in [2.45, 2.75) is 13.0 Å². The number of carbonyl (C=O) groups is 1. The third-order valence-electron chi connectivity index (χ3n) is 2.22. The standard InChI is InChI=1S/C8H16N2O3/c1-2-13-8(12)10-4-6(5-10)7(11)3-9/h6-7,11H,2-5,9H2,1H3. The molecular weight excluding hydrogens is 172 g/mol. The Labute approximate surface area is 77.5 Å². The van der Waals surface area contributed by atoms with E-state index in [1.165, 1.54) is 0 Å². The molecule has 1 unspecified atom stereocenters. The number of hydrogen-bond acceptors (Lipinski definition) is 4. The first-order valence-corrected chi connectivity index (χ1v) is 4.48. The molecule has 5 heteroatoms. The first kappa shape index (κ1) is 10.3. The number of carbonyl (C=O) groups excluding carboxylic acids is 1. The molecule has 0 bridgehead atoms. The van der Waals surface area contributed by atoms with Crippen molar-refractivity contribution in [2.24, 2.45) is 11.7 Å². The number of aliphatic hydroxyl groups is 1. The average Bonchev–Trinajstić information content (AvgIpc) is 2.01. The van der Waals surface area contributed by atoms with Crippen molar-refractivity contribution in [3.63, 3.8) is 0 Å². The largest absolute Gasteiger partial charge is 0.450 e. The highest BCUT2D eigenvalue weighted by molar-refractivity contribution is 5.68. The summed E-state index contributed by atoms with van der Waals surface area (Å²) in [5.74, 6) is 0.120. The van der Waals surface area contributed by atoms with Crippen LogP contribution in [0.5, 0.6) is 0 Å². The molecule has 1 aliphatic heterocycles. The van der Waals surface area contributed by atoms with Gasteiger partial charge in [0.25, 0.3) is 0 Å². The van der Waals surface area contributed by atoms with E-state index in [0.29, 0.717) is 19.7 Å². The van der Waals surface area contributed by atoms with Crippen LogP contribution in [-0.4, -0.2) is 48.4 Å². The van der Waals surface area contributed by atoms with Gasteiger partial charge in [0.2, 0.25) is 0 Å². The van der Waals surface area contributed by atoms with E-state index in [0.717, 1.165) is 0 Å². The Morgan fingerprint density at radius 2 is 2.38 bits per heavy atom. The monoisotopic (exact) mass is 188 g/mol. The predicted octanol–water partition coefficient (Wildman–Crippen LogP) is -0.606. The van der Waals surface area contributed by atoms with Gasteiger partial charge in [-0.2, -0.15) is 0 Å². The van der Waals surface area contributed by atoms with Gasteiger partial charge in [-0.25, -0.2) is 4.79 Å². The zero-order valence-corrected chi connectivity index (χ0v) is 7.77. The Hall–Kier alpha value is -0.810. The smallest absolute Gasteiger partial charge is 0.409 e. The summed E-state index contributed by atoms with van der Waals surface area (Å²) in [5, 5.41) is 9.30. The Bertz CT molecular complexity index is 180. The van der Waals surface area contributed by atoms with Crippen LogP contribution in [0.3, 0.4) is 0 Å². The number of nitrogens with two attached hydrogens (primary N) is 1. The molecule has 1 fully saturated rings. The summed E-state index contributed by atoms with van der Waals surface area (Å²) in [4.78, 5) is 12.6. The van der Waals surface area contributed by atoms with Gasteiger partial charge in [-0.15, -0.1) is 0 Å². The van der Waals surface area contributed by atoms with Gasteiger partial charge < -0.3 is 20.5 Å². The van der Waals surface area contributed by atoms with Crippen molar-refractivity contribution in [3.05, 3.63) is 0 Å². The van der Waals surface area contributed by atoms with E-state index in [9.17, 15) is 9.90 Å². The molecule has 0 aromatic heterocycles. The molecule has 0 radical (unpaired) electrons. The van der Waals surface area contributed by atoms with Crippen LogP contribution in [0.1, 0.15) is 6.92 Å². The molecule has 5 nitrogen and oxygen atoms in total. The highest BCUT2D eigenvalue weighted by Crippen LogP contribution is 2.19. The minimum atomic E-state index is -0.495. The van der Waals surface area contributed by atoms with Gasteiger partial charge in [-0.3, -0.25) is 0 Å². The number of hydrogen-bond donors (Lipinski definition) is 2. The summed E-state index contributed by atoms with van der Waals surface area (Å²) in [7, 11) is 0. The maximum Gasteiger partial charge on any atom is 0.409 e. The van der Waals surface area contributed by atoms with Crippen LogP contribution in [0, 0.1) is 5.92 Å². The van der Waals surface area contributed by atoms with E-state index >= 15 is 0 Å². The molecule has 1 amide bonds. The number of nitrogens with zero attached hydrogens (tertiary/aromatic N) is 1. The van der Waals surface area contributed by atoms with Gasteiger partial charge in [-0.05, 0) is 6.92 Å². The normalized spacial score (nSPS) is 19.5. The van der Waals surface area contributed by atoms with Crippen LogP contribution in [0.2, 0.25) is 0 Å². The highest BCUT2D eigenvalue weighted by atomic mass is 16.6. The molecule has 76 valence electrons. The predicted molar refractivity (Wildman–Crippen MR) is 47.1 cm³/mol. The third-order valence-corrected chi connectivity index (χ3v) is 2.22. The molecule has 1 aliphatic rings. The van der Waals surface area contributed by atoms with Crippen molar-refractivity contribution in [1.29, 1.82) is 0 Å². The van der Waals surface area contributed by atoms with Gasteiger partial charge >= 0.3 is 6.09 Å². The van der Waals surface area contributed by atoms with Crippen molar-refractivity contribution in [1.82, 2.24) is 4.90 Å². The first-order valence-electron chi connectivity index (χ1n) is 4.48. The lowest BCUT2D eigenvalue weighted by Crippen LogP contribution is -2.55. The second kappa shape index (κ2) is 4.43. The van der Waals surface area contributed by atoms with Crippen LogP contribution in [0.15, 0.2) is 0 Å². The number of rotatable bonds is 3. The lowest BCUT2D eigenvalue weighted by Gasteiger charge is -2.40. The summed E-state index contributed by atoms with van der Waals surface area (Å²) in [6.07, 6.45) is -0.798. The van der Waals surface area contributed by atoms with Crippen LogP contribution in [-0.2, 0) is 4.74 Å². The van der Waals surface area contributed by atoms with Gasteiger partial charge in [0.15, 0.2) is 0 Å². The lowest BCUT2D eigenvalue weighted by molar-refractivity contribution is -0.000712. The van der Waals surface area contributed by atoms with E-state index in [1.54, 1.807) is 11.8 Å². The van der Waals surface area contributed by atoms with Crippen molar-refractivity contribution >= 4 is 6.09 Å². The van der Waals surface area contributed by atoms with E-state index < -0.39 is 6.10 Å². The van der Waals surface area contributed by atoms with Gasteiger partial charge in [0, 0.05) is 25.6 Å². The number of likely N-dealkylation sites (tertiary alicyclic amines) is 1. The molecule has 0 aliphatic carbocycles. The summed E-state index contributed by atoms with van der Waals surface area (Å²) >= 11 is 0. The number of aliphatic hydroxyl groups excluding tert-OH is 1. The molecule has 1 saturated heterocycles. The van der Waals surface area contributed by atoms with E-state index in [1.807, 2.05) is 0 Å². The summed E-state index contributed by atoms with van der Waals surface area (Å²) in [6, 6.07) is 0. The van der Waals surface area contributed by atoms with Gasteiger partial charge in [0.1, 0.15) is 0 Å². The fraction of sp³-hybridized carbons (Fsp3) is 0.875. The Kier molecular flexibility index (Phi) is 3.50. The van der Waals surface area contributed by atoms with Crippen molar-refractivity contribution in [2.75, 3.05) is 26.2 Å². The van der Waals surface area contributed by atoms with E-state index in [-0.39, 0.29) is 18.6 Å². The Morgan fingerprint density at radius 3 is 2.85 bits per heavy atom. The van der Waals surface area contributed by atoms with E-state index in [2.05, 4.69) is 0 Å². The maximum absolute atomic E-state index is 11.1. The highest BCUT2D eigenvalue weighted by Gasteiger charge is 2.35. The Balaban J connectivity index is 2.21. The molecular formula is C8H16N2O3. The summed E-state index contributed by atoms with van der Waals surface area (Å²) < 4.78 is 4.78. The van der Waals surface area contributed by atoms with Crippen LogP contribution < -0.4 is 5.73 Å². The zero-order chi connectivity index (χ0) is 9.84. The molecule has 3 N–H and O–H groups in total. The minimum absolute atomic E-state index is 0.120. The Morgan fingerprint density at radius 1 is 1.77 bits per heavy atom. The molecule has 1 heterocycles. The molecule has 0 spiro atoms. The molecule has 1 atom stereocenters. The fourth-order valence-corrected chi connectivity index (χ4v) is 1.31. The maximum atomic E-state index is 11.1. The van der Waals surface area contributed by atoms with Crippen molar-refractivity contribution in [3.8, 4) is 0 Å². The molecule has 13 heavy (non-hydrogen) atoms. The van der Waals surface area contributed by atoms with Crippen LogP contribution in [0.4, 0.5) is 4.79 Å². The van der Waals surface area contributed by atoms with E-state index in [4.69, 9.17) is 10.5 Å². The second-order valence-corrected chi connectivity index (χ2v) is 3.17. The first-order chi connectivity index (χ1) is 6.19. The van der Waals surface area contributed by atoms with Gasteiger partial charge in [0.05, 0.1) is 12.7 Å². The fourth-order valence-electron chi connectivity index (χ4n) is 1.31. The second-order valence-electron chi connectivity index (χ2n) is 3.17. The minimum Gasteiger partial charge on any atom is -0.450 e. The topological polar surface area (TPSA) is 75.8 Å². The molecule has 0 saturated carbocycles. The van der Waals surface area contributed by atoms with Crippen molar-refractivity contribution < 1.29 is 14.6 Å². The number of ether oxygens (including phenoxy) is 1. The van der Waals surface area contributed by atoms with Gasteiger partial charge in [-0.1, -0.05) is 0 Å². The zero-order valence-electron chi connectivity index (χ0n) is 7.77. The summed E-state index contributed by atoms with van der Waals surface area (Å²) in [6.45, 7) is 3.51. The molecule has 1 rings (SSSR count). The lowest BCUT2D eigenvalue weighted by atomic mass is 9.94. The summed E-state index contributed by atoms with van der Waals surface area (Å²) in [5.41, 5.74) is 5.28.